The largest absolute Gasteiger partial charge is 0.344 e. The maximum Gasteiger partial charge on any atom is 0.239 e. The normalized spacial score (nSPS) is 24.7. The van der Waals surface area contributed by atoms with Gasteiger partial charge in [0.25, 0.3) is 0 Å². The van der Waals surface area contributed by atoms with Crippen LogP contribution in [0.25, 0.3) is 0 Å². The van der Waals surface area contributed by atoms with Crippen LogP contribution in [0.1, 0.15) is 26.2 Å². The number of hydrogen-bond donors (Lipinski definition) is 1. The van der Waals surface area contributed by atoms with Crippen LogP contribution in [-0.2, 0) is 4.79 Å². The second-order valence-electron chi connectivity index (χ2n) is 3.41. The molecular weight excluding hydrogens is 152 g/mol. The van der Waals surface area contributed by atoms with Crippen LogP contribution in [0.3, 0.4) is 0 Å². The third-order valence-corrected chi connectivity index (χ3v) is 2.30. The molecule has 1 saturated heterocycles. The molecule has 1 unspecified atom stereocenters. The van der Waals surface area contributed by atoms with E-state index in [-0.39, 0.29) is 11.9 Å². The Morgan fingerprint density at radius 3 is 3.08 bits per heavy atom. The predicted molar refractivity (Wildman–Crippen MR) is 49.0 cm³/mol. The number of amides is 1. The molecule has 0 aromatic carbocycles. The van der Waals surface area contributed by atoms with Crippen LogP contribution < -0.4 is 5.32 Å². The van der Waals surface area contributed by atoms with Gasteiger partial charge in [0, 0.05) is 13.6 Å². The zero-order chi connectivity index (χ0) is 8.97. The molecule has 3 nitrogen and oxygen atoms in total. The number of carbonyl (C=O) groups excluding carboxylic acids is 1. The first-order valence-corrected chi connectivity index (χ1v) is 4.74. The van der Waals surface area contributed by atoms with Crippen LogP contribution in [-0.4, -0.2) is 37.0 Å². The van der Waals surface area contributed by atoms with Gasteiger partial charge in [-0.1, -0.05) is 6.92 Å². The van der Waals surface area contributed by atoms with Gasteiger partial charge in [-0.15, -0.1) is 0 Å². The highest BCUT2D eigenvalue weighted by molar-refractivity contribution is 5.82. The van der Waals surface area contributed by atoms with Crippen molar-refractivity contribution in [3.8, 4) is 0 Å². The van der Waals surface area contributed by atoms with Gasteiger partial charge >= 0.3 is 0 Å². The molecule has 1 aliphatic rings. The standard InChI is InChI=1S/C9H18N2O/c1-3-6-10-8-5-4-7-11(2)9(8)12/h8,10H,3-7H2,1-2H3. The average Bonchev–Trinajstić information content (AvgIpc) is 2.08. The van der Waals surface area contributed by atoms with E-state index < -0.39 is 0 Å². The topological polar surface area (TPSA) is 32.3 Å². The van der Waals surface area contributed by atoms with Gasteiger partial charge in [-0.05, 0) is 25.8 Å². The lowest BCUT2D eigenvalue weighted by atomic mass is 10.1. The maximum absolute atomic E-state index is 11.5. The van der Waals surface area contributed by atoms with Gasteiger partial charge in [0.1, 0.15) is 0 Å². The summed E-state index contributed by atoms with van der Waals surface area (Å²) >= 11 is 0. The number of hydrogen-bond acceptors (Lipinski definition) is 2. The molecule has 1 amide bonds. The van der Waals surface area contributed by atoms with Gasteiger partial charge in [0.2, 0.25) is 5.91 Å². The van der Waals surface area contributed by atoms with Crippen molar-refractivity contribution in [1.82, 2.24) is 10.2 Å². The van der Waals surface area contributed by atoms with Crippen molar-refractivity contribution in [3.63, 3.8) is 0 Å². The fraction of sp³-hybridized carbons (Fsp3) is 0.889. The Balaban J connectivity index is 2.36. The highest BCUT2D eigenvalue weighted by Gasteiger charge is 2.24. The molecule has 0 aliphatic carbocycles. The number of likely N-dealkylation sites (tertiary alicyclic amines) is 1. The van der Waals surface area contributed by atoms with Crippen LogP contribution in [0.5, 0.6) is 0 Å². The number of piperidine rings is 1. The number of rotatable bonds is 3. The molecule has 0 spiro atoms. The molecule has 1 N–H and O–H groups in total. The van der Waals surface area contributed by atoms with E-state index >= 15 is 0 Å². The first-order chi connectivity index (χ1) is 5.75. The van der Waals surface area contributed by atoms with E-state index in [1.165, 1.54) is 0 Å². The van der Waals surface area contributed by atoms with Gasteiger partial charge in [0.15, 0.2) is 0 Å². The maximum atomic E-state index is 11.5. The number of carbonyl (C=O) groups is 1. The van der Waals surface area contributed by atoms with Gasteiger partial charge in [-0.2, -0.15) is 0 Å². The van der Waals surface area contributed by atoms with Crippen molar-refractivity contribution >= 4 is 5.91 Å². The average molecular weight is 170 g/mol. The second-order valence-corrected chi connectivity index (χ2v) is 3.41. The van der Waals surface area contributed by atoms with E-state index in [0.717, 1.165) is 32.4 Å². The minimum atomic E-state index is 0.0868. The third-order valence-electron chi connectivity index (χ3n) is 2.30. The van der Waals surface area contributed by atoms with Crippen molar-refractivity contribution in [2.75, 3.05) is 20.1 Å². The van der Waals surface area contributed by atoms with Crippen molar-refractivity contribution < 1.29 is 4.79 Å². The minimum absolute atomic E-state index is 0.0868. The first-order valence-electron chi connectivity index (χ1n) is 4.74. The zero-order valence-corrected chi connectivity index (χ0v) is 7.97. The van der Waals surface area contributed by atoms with Crippen LogP contribution in [0, 0.1) is 0 Å². The molecule has 12 heavy (non-hydrogen) atoms. The van der Waals surface area contributed by atoms with Gasteiger partial charge in [0.05, 0.1) is 6.04 Å². The zero-order valence-electron chi connectivity index (χ0n) is 7.97. The first kappa shape index (κ1) is 9.52. The van der Waals surface area contributed by atoms with Gasteiger partial charge < -0.3 is 10.2 Å². The van der Waals surface area contributed by atoms with Crippen molar-refractivity contribution in [1.29, 1.82) is 0 Å². The number of nitrogens with zero attached hydrogens (tertiary/aromatic N) is 1. The SMILES string of the molecule is CCCNC1CCCN(C)C1=O. The van der Waals surface area contributed by atoms with Crippen LogP contribution in [0.2, 0.25) is 0 Å². The summed E-state index contributed by atoms with van der Waals surface area (Å²) in [4.78, 5) is 13.3. The molecule has 1 fully saturated rings. The molecule has 1 heterocycles. The summed E-state index contributed by atoms with van der Waals surface area (Å²) in [6, 6.07) is 0.0868. The van der Waals surface area contributed by atoms with Crippen molar-refractivity contribution in [3.05, 3.63) is 0 Å². The number of nitrogens with one attached hydrogen (secondary N) is 1. The van der Waals surface area contributed by atoms with Crippen LogP contribution in [0.15, 0.2) is 0 Å². The quantitative estimate of drug-likeness (QED) is 0.673. The molecule has 0 aromatic rings. The van der Waals surface area contributed by atoms with E-state index in [2.05, 4.69) is 12.2 Å². The van der Waals surface area contributed by atoms with E-state index in [4.69, 9.17) is 0 Å². The lowest BCUT2D eigenvalue weighted by molar-refractivity contribution is -0.134. The molecule has 1 rings (SSSR count). The summed E-state index contributed by atoms with van der Waals surface area (Å²) < 4.78 is 0. The lowest BCUT2D eigenvalue weighted by Crippen LogP contribution is -2.49. The monoisotopic (exact) mass is 170 g/mol. The third kappa shape index (κ3) is 2.21. The number of likely N-dealkylation sites (N-methyl/N-ethyl adjacent to an activating group) is 1. The molecule has 1 aliphatic heterocycles. The molecular formula is C9H18N2O. The Hall–Kier alpha value is -0.570. The summed E-state index contributed by atoms with van der Waals surface area (Å²) in [5.74, 6) is 0.259. The highest BCUT2D eigenvalue weighted by atomic mass is 16.2. The summed E-state index contributed by atoms with van der Waals surface area (Å²) in [5.41, 5.74) is 0. The molecule has 0 radical (unpaired) electrons. The molecule has 0 bridgehead atoms. The molecule has 70 valence electrons. The Labute approximate surface area is 74.1 Å². The van der Waals surface area contributed by atoms with E-state index in [1.54, 1.807) is 0 Å². The lowest BCUT2D eigenvalue weighted by Gasteiger charge is -2.29. The molecule has 3 heteroatoms. The highest BCUT2D eigenvalue weighted by Crippen LogP contribution is 2.09. The summed E-state index contributed by atoms with van der Waals surface area (Å²) in [5, 5.41) is 3.26. The molecule has 0 aromatic heterocycles. The summed E-state index contributed by atoms with van der Waals surface area (Å²) in [6.07, 6.45) is 3.22. The second kappa shape index (κ2) is 4.45. The van der Waals surface area contributed by atoms with Crippen LogP contribution in [0.4, 0.5) is 0 Å². The predicted octanol–water partition coefficient (Wildman–Crippen LogP) is 0.607. The Morgan fingerprint density at radius 2 is 2.42 bits per heavy atom. The van der Waals surface area contributed by atoms with Gasteiger partial charge in [-0.25, -0.2) is 0 Å². The molecule has 0 saturated carbocycles. The minimum Gasteiger partial charge on any atom is -0.344 e. The summed E-state index contributed by atoms with van der Waals surface area (Å²) in [7, 11) is 1.88. The van der Waals surface area contributed by atoms with Crippen molar-refractivity contribution in [2.24, 2.45) is 0 Å². The smallest absolute Gasteiger partial charge is 0.239 e. The van der Waals surface area contributed by atoms with E-state index in [0.29, 0.717) is 0 Å². The van der Waals surface area contributed by atoms with Gasteiger partial charge in [-0.3, -0.25) is 4.79 Å². The Morgan fingerprint density at radius 1 is 1.67 bits per heavy atom. The summed E-state index contributed by atoms with van der Waals surface area (Å²) in [6.45, 7) is 3.98. The Bertz CT molecular complexity index is 159. The van der Waals surface area contributed by atoms with Crippen LogP contribution >= 0.6 is 0 Å². The Kier molecular flexibility index (Phi) is 3.53. The molecule has 1 atom stereocenters. The van der Waals surface area contributed by atoms with E-state index in [1.807, 2.05) is 11.9 Å². The van der Waals surface area contributed by atoms with Crippen molar-refractivity contribution in [2.45, 2.75) is 32.2 Å². The fourth-order valence-electron chi connectivity index (χ4n) is 1.54. The van der Waals surface area contributed by atoms with E-state index in [9.17, 15) is 4.79 Å². The fourth-order valence-corrected chi connectivity index (χ4v) is 1.54.